The van der Waals surface area contributed by atoms with E-state index < -0.39 is 27.1 Å². The Morgan fingerprint density at radius 2 is 1.95 bits per heavy atom. The van der Waals surface area contributed by atoms with Crippen molar-refractivity contribution >= 4 is 22.0 Å². The van der Waals surface area contributed by atoms with E-state index in [9.17, 15) is 28.4 Å². The number of carboxylic acid groups (broad SMARTS) is 1. The summed E-state index contributed by atoms with van der Waals surface area (Å²) in [5.74, 6) is -2.25. The van der Waals surface area contributed by atoms with Gasteiger partial charge in [0.1, 0.15) is 5.75 Å². The molecule has 0 aliphatic carbocycles. The number of rotatable bonds is 5. The van der Waals surface area contributed by atoms with Crippen molar-refractivity contribution in [3.8, 4) is 5.75 Å². The van der Waals surface area contributed by atoms with Crippen molar-refractivity contribution in [1.29, 1.82) is 0 Å². The molecule has 1 fully saturated rings. The lowest BCUT2D eigenvalue weighted by Gasteiger charge is -2.31. The van der Waals surface area contributed by atoms with Crippen LogP contribution in [0, 0.1) is 16.0 Å². The number of piperidine rings is 1. The van der Waals surface area contributed by atoms with Crippen molar-refractivity contribution in [1.82, 2.24) is 4.31 Å². The lowest BCUT2D eigenvalue weighted by molar-refractivity contribution is -0.384. The van der Waals surface area contributed by atoms with Crippen molar-refractivity contribution in [2.75, 3.05) is 13.1 Å². The highest BCUT2D eigenvalue weighted by Crippen LogP contribution is 2.23. The number of hydrogen-bond acceptors (Lipinski definition) is 7. The maximum Gasteiger partial charge on any atom is 0.385 e. The molecule has 9 nitrogen and oxygen atoms in total. The fourth-order valence-corrected chi connectivity index (χ4v) is 3.31. The van der Waals surface area contributed by atoms with Gasteiger partial charge in [-0.3, -0.25) is 10.1 Å². The average Bonchev–Trinajstić information content (AvgIpc) is 2.47. The minimum absolute atomic E-state index is 0.0822. The molecule has 1 saturated heterocycles. The van der Waals surface area contributed by atoms with Crippen LogP contribution in [0.3, 0.4) is 0 Å². The Balaban J connectivity index is 2.10. The van der Waals surface area contributed by atoms with E-state index in [4.69, 9.17) is 4.18 Å². The molecule has 2 rings (SSSR count). The van der Waals surface area contributed by atoms with Gasteiger partial charge < -0.3 is 14.1 Å². The molecule has 0 radical (unpaired) electrons. The van der Waals surface area contributed by atoms with Crippen molar-refractivity contribution < 1.29 is 27.4 Å². The Morgan fingerprint density at radius 1 is 1.32 bits per heavy atom. The van der Waals surface area contributed by atoms with Crippen LogP contribution >= 0.6 is 0 Å². The number of carbonyl (C=O) groups excluding carboxylic acids is 1. The minimum atomic E-state index is -4.16. The summed E-state index contributed by atoms with van der Waals surface area (Å²) >= 11 is 0. The second-order valence-electron chi connectivity index (χ2n) is 4.81. The fourth-order valence-electron chi connectivity index (χ4n) is 2.14. The summed E-state index contributed by atoms with van der Waals surface area (Å²) in [6.07, 6.45) is 0.743. The summed E-state index contributed by atoms with van der Waals surface area (Å²) < 4.78 is 30.0. The molecular weight excluding hydrogens is 316 g/mol. The van der Waals surface area contributed by atoms with E-state index in [1.165, 1.54) is 0 Å². The van der Waals surface area contributed by atoms with Gasteiger partial charge in [0, 0.05) is 37.1 Å². The molecule has 0 N–H and O–H groups in total. The summed E-state index contributed by atoms with van der Waals surface area (Å²) in [7, 11) is -4.16. The number of nitro benzene ring substituents is 1. The first-order valence-electron chi connectivity index (χ1n) is 6.44. The Hall–Kier alpha value is -2.20. The molecule has 1 heterocycles. The first kappa shape index (κ1) is 16.2. The Bertz CT molecular complexity index is 671. The second-order valence-corrected chi connectivity index (χ2v) is 6.35. The molecular formula is C12H13N2O7S-. The summed E-state index contributed by atoms with van der Waals surface area (Å²) in [4.78, 5) is 20.8. The monoisotopic (exact) mass is 329 g/mol. The average molecular weight is 329 g/mol. The Labute approximate surface area is 126 Å². The third-order valence-electron chi connectivity index (χ3n) is 3.28. The van der Waals surface area contributed by atoms with Crippen molar-refractivity contribution in [2.45, 2.75) is 12.8 Å². The van der Waals surface area contributed by atoms with Crippen LogP contribution in [-0.2, 0) is 15.1 Å². The molecule has 0 bridgehead atoms. The molecule has 0 aromatic heterocycles. The molecule has 0 saturated carbocycles. The molecule has 0 unspecified atom stereocenters. The maximum absolute atomic E-state index is 12.1. The number of nitro groups is 1. The highest BCUT2D eigenvalue weighted by Gasteiger charge is 2.31. The molecule has 1 aromatic rings. The van der Waals surface area contributed by atoms with Gasteiger partial charge in [-0.05, 0) is 25.0 Å². The van der Waals surface area contributed by atoms with E-state index in [0.29, 0.717) is 12.8 Å². The molecule has 120 valence electrons. The van der Waals surface area contributed by atoms with Crippen molar-refractivity contribution in [3.05, 3.63) is 34.4 Å². The molecule has 1 aliphatic rings. The zero-order chi connectivity index (χ0) is 16.3. The normalized spacial score (nSPS) is 19.5. The van der Waals surface area contributed by atoms with Crippen LogP contribution < -0.4 is 9.29 Å². The lowest BCUT2D eigenvalue weighted by atomic mass is 10.0. The zero-order valence-electron chi connectivity index (χ0n) is 11.4. The molecule has 1 aliphatic heterocycles. The lowest BCUT2D eigenvalue weighted by Crippen LogP contribution is -2.47. The van der Waals surface area contributed by atoms with Crippen LogP contribution in [0.1, 0.15) is 12.8 Å². The SMILES string of the molecule is O=C([O-])[C@@H]1CCCN(S(=O)(=O)Oc2ccc([N+](=O)[O-])cc2)C1. The minimum Gasteiger partial charge on any atom is -0.550 e. The van der Waals surface area contributed by atoms with Crippen LogP contribution in [-0.4, -0.2) is 36.7 Å². The summed E-state index contributed by atoms with van der Waals surface area (Å²) in [5.41, 5.74) is -0.195. The predicted molar refractivity (Wildman–Crippen MR) is 71.9 cm³/mol. The van der Waals surface area contributed by atoms with Gasteiger partial charge in [-0.2, -0.15) is 12.7 Å². The van der Waals surface area contributed by atoms with Crippen molar-refractivity contribution in [3.63, 3.8) is 0 Å². The van der Waals surface area contributed by atoms with Crippen LogP contribution in [0.5, 0.6) is 5.75 Å². The van der Waals surface area contributed by atoms with Gasteiger partial charge in [0.2, 0.25) is 0 Å². The summed E-state index contributed by atoms with van der Waals surface area (Å²) in [5, 5.41) is 21.4. The Morgan fingerprint density at radius 3 is 2.50 bits per heavy atom. The van der Waals surface area contributed by atoms with E-state index >= 15 is 0 Å². The quantitative estimate of drug-likeness (QED) is 0.534. The number of carbonyl (C=O) groups is 1. The van der Waals surface area contributed by atoms with Crippen LogP contribution in [0.25, 0.3) is 0 Å². The molecule has 22 heavy (non-hydrogen) atoms. The van der Waals surface area contributed by atoms with E-state index in [0.717, 1.165) is 28.6 Å². The van der Waals surface area contributed by atoms with E-state index in [2.05, 4.69) is 0 Å². The van der Waals surface area contributed by atoms with Crippen LogP contribution in [0.15, 0.2) is 24.3 Å². The number of nitrogens with zero attached hydrogens (tertiary/aromatic N) is 2. The van der Waals surface area contributed by atoms with E-state index in [-0.39, 0.29) is 24.5 Å². The highest BCUT2D eigenvalue weighted by molar-refractivity contribution is 7.84. The Kier molecular flexibility index (Phi) is 4.62. The number of hydrogen-bond donors (Lipinski definition) is 0. The summed E-state index contributed by atoms with van der Waals surface area (Å²) in [6.45, 7) is -0.0588. The fraction of sp³-hybridized carbons (Fsp3) is 0.417. The van der Waals surface area contributed by atoms with Crippen LogP contribution in [0.2, 0.25) is 0 Å². The predicted octanol–water partition coefficient (Wildman–Crippen LogP) is -0.320. The van der Waals surface area contributed by atoms with Crippen molar-refractivity contribution in [2.24, 2.45) is 5.92 Å². The van der Waals surface area contributed by atoms with Gasteiger partial charge >= 0.3 is 10.3 Å². The topological polar surface area (TPSA) is 130 Å². The zero-order valence-corrected chi connectivity index (χ0v) is 12.2. The molecule has 0 amide bonds. The number of carboxylic acids is 1. The number of aliphatic carboxylic acids is 1. The highest BCUT2D eigenvalue weighted by atomic mass is 32.2. The number of non-ortho nitro benzene ring substituents is 1. The van der Waals surface area contributed by atoms with Gasteiger partial charge in [-0.15, -0.1) is 0 Å². The smallest absolute Gasteiger partial charge is 0.385 e. The van der Waals surface area contributed by atoms with E-state index in [1.54, 1.807) is 0 Å². The van der Waals surface area contributed by atoms with E-state index in [1.807, 2.05) is 0 Å². The van der Waals surface area contributed by atoms with Gasteiger partial charge in [0.25, 0.3) is 5.69 Å². The van der Waals surface area contributed by atoms with Gasteiger partial charge in [-0.1, -0.05) is 0 Å². The second kappa shape index (κ2) is 6.28. The first-order valence-corrected chi connectivity index (χ1v) is 7.81. The summed E-state index contributed by atoms with van der Waals surface area (Å²) in [6, 6.07) is 4.56. The third-order valence-corrected chi connectivity index (χ3v) is 4.65. The number of benzene rings is 1. The molecule has 1 atom stereocenters. The van der Waals surface area contributed by atoms with Crippen LogP contribution in [0.4, 0.5) is 5.69 Å². The maximum atomic E-state index is 12.1. The largest absolute Gasteiger partial charge is 0.550 e. The molecule has 1 aromatic carbocycles. The van der Waals surface area contributed by atoms with Gasteiger partial charge in [0.05, 0.1) is 4.92 Å². The third kappa shape index (κ3) is 3.71. The molecule has 0 spiro atoms. The van der Waals surface area contributed by atoms with Gasteiger partial charge in [-0.25, -0.2) is 0 Å². The molecule has 10 heteroatoms. The van der Waals surface area contributed by atoms with Gasteiger partial charge in [0.15, 0.2) is 0 Å². The standard InChI is InChI=1S/C12H14N2O7S/c15-12(16)9-2-1-7-13(8-9)22(19,20)21-11-5-3-10(4-6-11)14(17)18/h3-6,9H,1-2,7-8H2,(H,15,16)/p-1/t9-/m1/s1. The first-order chi connectivity index (χ1) is 10.3.